The lowest BCUT2D eigenvalue weighted by Crippen LogP contribution is -2.52. The molecular weight excluding hydrogens is 292 g/mol. The second kappa shape index (κ2) is 7.91. The van der Waals surface area contributed by atoms with Gasteiger partial charge in [0.05, 0.1) is 5.75 Å². The Bertz CT molecular complexity index is 467. The number of aryl methyl sites for hydroxylation is 2. The van der Waals surface area contributed by atoms with Crippen molar-refractivity contribution in [3.05, 3.63) is 29.3 Å². The van der Waals surface area contributed by atoms with Crippen LogP contribution in [0.3, 0.4) is 0 Å². The van der Waals surface area contributed by atoms with Crippen LogP contribution in [0.4, 0.5) is 0 Å². The first-order chi connectivity index (χ1) is 9.08. The fourth-order valence-electron chi connectivity index (χ4n) is 2.30. The number of rotatable bonds is 3. The summed E-state index contributed by atoms with van der Waals surface area (Å²) in [5.41, 5.74) is 2.49. The van der Waals surface area contributed by atoms with Crippen molar-refractivity contribution in [1.82, 2.24) is 10.2 Å². The first kappa shape index (κ1) is 17.3. The molecule has 1 N–H and O–H groups in total. The maximum Gasteiger partial charge on any atom is 0.233 e. The highest BCUT2D eigenvalue weighted by Gasteiger charge is 2.22. The van der Waals surface area contributed by atoms with Crippen molar-refractivity contribution in [1.29, 1.82) is 0 Å². The van der Waals surface area contributed by atoms with Gasteiger partial charge in [0.25, 0.3) is 0 Å². The summed E-state index contributed by atoms with van der Waals surface area (Å²) in [5.74, 6) is 0.786. The Morgan fingerprint density at radius 2 is 2.20 bits per heavy atom. The van der Waals surface area contributed by atoms with Crippen LogP contribution >= 0.6 is 24.2 Å². The van der Waals surface area contributed by atoms with Gasteiger partial charge in [-0.15, -0.1) is 24.2 Å². The summed E-state index contributed by atoms with van der Waals surface area (Å²) in [5, 5.41) is 3.31. The van der Waals surface area contributed by atoms with E-state index in [0.717, 1.165) is 19.6 Å². The van der Waals surface area contributed by atoms with Gasteiger partial charge in [-0.25, -0.2) is 0 Å². The molecule has 0 saturated carbocycles. The van der Waals surface area contributed by atoms with Crippen molar-refractivity contribution < 1.29 is 4.79 Å². The highest BCUT2D eigenvalue weighted by Crippen LogP contribution is 2.24. The Kier molecular flexibility index (Phi) is 6.86. The Labute approximate surface area is 131 Å². The highest BCUT2D eigenvalue weighted by molar-refractivity contribution is 8.00. The Morgan fingerprint density at radius 1 is 1.45 bits per heavy atom. The lowest BCUT2D eigenvalue weighted by Gasteiger charge is -2.34. The van der Waals surface area contributed by atoms with Crippen LogP contribution in [0.25, 0.3) is 0 Å². The summed E-state index contributed by atoms with van der Waals surface area (Å²) in [6.07, 6.45) is 0. The predicted octanol–water partition coefficient (Wildman–Crippen LogP) is 2.64. The van der Waals surface area contributed by atoms with Crippen molar-refractivity contribution in [3.8, 4) is 0 Å². The summed E-state index contributed by atoms with van der Waals surface area (Å²) in [7, 11) is 0. The van der Waals surface area contributed by atoms with Gasteiger partial charge in [-0.1, -0.05) is 17.7 Å². The van der Waals surface area contributed by atoms with Gasteiger partial charge < -0.3 is 10.2 Å². The Hall–Kier alpha value is -0.710. The standard InChI is InChI=1S/C15H22N2OS.ClH/c1-11-4-5-12(2)14(8-11)19-10-15(18)17-7-6-16-9-13(17)3;/h4-5,8,13,16H,6-7,9-10H2,1-3H3;1H. The van der Waals surface area contributed by atoms with Crippen LogP contribution in [0.15, 0.2) is 23.1 Å². The maximum absolute atomic E-state index is 12.3. The van der Waals surface area contributed by atoms with Crippen LogP contribution in [0.5, 0.6) is 0 Å². The molecule has 0 aromatic heterocycles. The van der Waals surface area contributed by atoms with Gasteiger partial charge in [0.1, 0.15) is 0 Å². The summed E-state index contributed by atoms with van der Waals surface area (Å²) < 4.78 is 0. The molecule has 5 heteroatoms. The van der Waals surface area contributed by atoms with E-state index in [4.69, 9.17) is 0 Å². The van der Waals surface area contributed by atoms with Crippen LogP contribution < -0.4 is 5.32 Å². The second-order valence-corrected chi connectivity index (χ2v) is 6.22. The molecular formula is C15H23ClN2OS. The molecule has 1 aromatic carbocycles. The number of carbonyl (C=O) groups excluding carboxylic acids is 1. The smallest absolute Gasteiger partial charge is 0.233 e. The van der Waals surface area contributed by atoms with Gasteiger partial charge in [0, 0.05) is 30.6 Å². The second-order valence-electron chi connectivity index (χ2n) is 5.20. The number of hydrogen-bond donors (Lipinski definition) is 1. The number of amides is 1. The zero-order chi connectivity index (χ0) is 13.8. The topological polar surface area (TPSA) is 32.3 Å². The third-order valence-corrected chi connectivity index (χ3v) is 4.66. The fourth-order valence-corrected chi connectivity index (χ4v) is 3.31. The largest absolute Gasteiger partial charge is 0.337 e. The van der Waals surface area contributed by atoms with E-state index < -0.39 is 0 Å². The summed E-state index contributed by atoms with van der Waals surface area (Å²) in [4.78, 5) is 15.5. The first-order valence-electron chi connectivity index (χ1n) is 6.78. The van der Waals surface area contributed by atoms with Gasteiger partial charge in [-0.3, -0.25) is 4.79 Å². The molecule has 1 amide bonds. The quantitative estimate of drug-likeness (QED) is 0.871. The summed E-state index contributed by atoms with van der Waals surface area (Å²) in [6, 6.07) is 6.70. The molecule has 1 heterocycles. The van der Waals surface area contributed by atoms with Crippen molar-refractivity contribution in [2.24, 2.45) is 0 Å². The van der Waals surface area contributed by atoms with Crippen molar-refractivity contribution in [2.75, 3.05) is 25.4 Å². The van der Waals surface area contributed by atoms with E-state index in [-0.39, 0.29) is 18.3 Å². The van der Waals surface area contributed by atoms with E-state index in [0.29, 0.717) is 11.8 Å². The zero-order valence-electron chi connectivity index (χ0n) is 12.3. The third kappa shape index (κ3) is 4.40. The number of carbonyl (C=O) groups is 1. The monoisotopic (exact) mass is 314 g/mol. The third-order valence-electron chi connectivity index (χ3n) is 3.52. The molecule has 1 fully saturated rings. The van der Waals surface area contributed by atoms with E-state index in [1.165, 1.54) is 16.0 Å². The normalized spacial score (nSPS) is 18.6. The van der Waals surface area contributed by atoms with Gasteiger partial charge in [-0.05, 0) is 32.4 Å². The fraction of sp³-hybridized carbons (Fsp3) is 0.533. The number of nitrogens with zero attached hydrogens (tertiary/aromatic N) is 1. The van der Waals surface area contributed by atoms with Crippen LogP contribution in [-0.4, -0.2) is 42.2 Å². The zero-order valence-corrected chi connectivity index (χ0v) is 13.9. The minimum atomic E-state index is 0. The molecule has 20 heavy (non-hydrogen) atoms. The lowest BCUT2D eigenvalue weighted by molar-refractivity contribution is -0.131. The minimum Gasteiger partial charge on any atom is -0.337 e. The lowest BCUT2D eigenvalue weighted by atomic mass is 10.2. The van der Waals surface area contributed by atoms with Crippen LogP contribution in [0.2, 0.25) is 0 Å². The molecule has 0 spiro atoms. The van der Waals surface area contributed by atoms with Crippen molar-refractivity contribution >= 4 is 30.1 Å². The van der Waals surface area contributed by atoms with Crippen LogP contribution in [-0.2, 0) is 4.79 Å². The molecule has 1 aliphatic rings. The molecule has 1 aromatic rings. The molecule has 1 unspecified atom stereocenters. The molecule has 3 nitrogen and oxygen atoms in total. The molecule has 0 bridgehead atoms. The van der Waals surface area contributed by atoms with Gasteiger partial charge in [0.15, 0.2) is 0 Å². The van der Waals surface area contributed by atoms with Crippen molar-refractivity contribution in [3.63, 3.8) is 0 Å². The molecule has 0 radical (unpaired) electrons. The number of piperazine rings is 1. The van der Waals surface area contributed by atoms with Crippen LogP contribution in [0.1, 0.15) is 18.1 Å². The Balaban J connectivity index is 0.00000200. The van der Waals surface area contributed by atoms with Gasteiger partial charge in [-0.2, -0.15) is 0 Å². The van der Waals surface area contributed by atoms with Gasteiger partial charge >= 0.3 is 0 Å². The molecule has 1 aliphatic heterocycles. The summed E-state index contributed by atoms with van der Waals surface area (Å²) >= 11 is 1.65. The molecule has 1 atom stereocenters. The van der Waals surface area contributed by atoms with E-state index in [9.17, 15) is 4.79 Å². The van der Waals surface area contributed by atoms with Gasteiger partial charge in [0.2, 0.25) is 5.91 Å². The molecule has 112 valence electrons. The number of hydrogen-bond acceptors (Lipinski definition) is 3. The number of nitrogens with one attached hydrogen (secondary N) is 1. The van der Waals surface area contributed by atoms with E-state index in [1.54, 1.807) is 11.8 Å². The maximum atomic E-state index is 12.3. The predicted molar refractivity (Wildman–Crippen MR) is 87.9 cm³/mol. The summed E-state index contributed by atoms with van der Waals surface area (Å²) in [6.45, 7) is 8.92. The average molecular weight is 315 g/mol. The first-order valence-corrected chi connectivity index (χ1v) is 7.76. The van der Waals surface area contributed by atoms with E-state index in [2.05, 4.69) is 44.3 Å². The number of benzene rings is 1. The van der Waals surface area contributed by atoms with E-state index >= 15 is 0 Å². The molecule has 0 aliphatic carbocycles. The molecule has 1 saturated heterocycles. The van der Waals surface area contributed by atoms with Crippen molar-refractivity contribution in [2.45, 2.75) is 31.7 Å². The minimum absolute atomic E-state index is 0. The Morgan fingerprint density at radius 3 is 2.90 bits per heavy atom. The van der Waals surface area contributed by atoms with Crippen LogP contribution in [0, 0.1) is 13.8 Å². The highest BCUT2D eigenvalue weighted by atomic mass is 35.5. The number of halogens is 1. The molecule has 2 rings (SSSR count). The average Bonchev–Trinajstić information content (AvgIpc) is 2.40. The van der Waals surface area contributed by atoms with E-state index in [1.807, 2.05) is 4.90 Å². The number of thioether (sulfide) groups is 1. The SMILES string of the molecule is Cc1ccc(C)c(SCC(=O)N2CCNCC2C)c1.Cl.